The monoisotopic (exact) mass is 300 g/mol. The molecular weight excluding hydrogens is 280 g/mol. The Hall–Kier alpha value is -2.30. The number of carbonyl (C=O) groups is 2. The molecule has 116 valence electrons. The molecule has 1 fully saturated rings. The van der Waals surface area contributed by atoms with Gasteiger partial charge in [-0.15, -0.1) is 0 Å². The lowest BCUT2D eigenvalue weighted by Crippen LogP contribution is -2.41. The first-order chi connectivity index (χ1) is 10.6. The molecule has 0 aliphatic carbocycles. The van der Waals surface area contributed by atoms with Crippen LogP contribution in [0.4, 0.5) is 0 Å². The Labute approximate surface area is 129 Å². The van der Waals surface area contributed by atoms with Gasteiger partial charge in [0.25, 0.3) is 5.91 Å². The predicted molar refractivity (Wildman–Crippen MR) is 83.9 cm³/mol. The topological polar surface area (TPSA) is 62.5 Å². The number of carbonyl (C=O) groups excluding carboxylic acids is 1. The van der Waals surface area contributed by atoms with Crippen LogP contribution in [0.3, 0.4) is 0 Å². The molecule has 3 rings (SSSR count). The van der Waals surface area contributed by atoms with Crippen molar-refractivity contribution >= 4 is 22.8 Å². The molecule has 1 N–H and O–H groups in total. The Morgan fingerprint density at radius 2 is 2.09 bits per heavy atom. The number of hydrogen-bond acceptors (Lipinski definition) is 2. The van der Waals surface area contributed by atoms with Crippen molar-refractivity contribution in [3.05, 3.63) is 36.0 Å². The highest BCUT2D eigenvalue weighted by atomic mass is 16.4. The summed E-state index contributed by atoms with van der Waals surface area (Å²) in [6, 6.07) is 9.07. The molecule has 1 saturated heterocycles. The quantitative estimate of drug-likeness (QED) is 0.944. The first-order valence-electron chi connectivity index (χ1n) is 7.75. The second-order valence-electron chi connectivity index (χ2n) is 5.73. The molecule has 1 unspecified atom stereocenters. The molecule has 0 spiro atoms. The summed E-state index contributed by atoms with van der Waals surface area (Å²) in [7, 11) is 0. The number of rotatable bonds is 4. The minimum absolute atomic E-state index is 0.172. The van der Waals surface area contributed by atoms with Gasteiger partial charge in [-0.05, 0) is 31.4 Å². The van der Waals surface area contributed by atoms with E-state index in [2.05, 4.69) is 6.92 Å². The summed E-state index contributed by atoms with van der Waals surface area (Å²) in [5, 5.41) is 10.3. The van der Waals surface area contributed by atoms with Crippen LogP contribution in [0.15, 0.2) is 30.3 Å². The number of benzene rings is 1. The number of nitrogens with zero attached hydrogens (tertiary/aromatic N) is 2. The number of carboxylic acids is 1. The smallest absolute Gasteiger partial charge is 0.326 e. The maximum atomic E-state index is 12.9. The summed E-state index contributed by atoms with van der Waals surface area (Å²) in [6.45, 7) is 3.34. The van der Waals surface area contributed by atoms with Gasteiger partial charge in [-0.3, -0.25) is 4.79 Å². The molecule has 1 aromatic carbocycles. The van der Waals surface area contributed by atoms with E-state index in [4.69, 9.17) is 0 Å². The third kappa shape index (κ3) is 2.36. The highest BCUT2D eigenvalue weighted by molar-refractivity contribution is 6.00. The largest absolute Gasteiger partial charge is 0.480 e. The molecule has 1 amide bonds. The van der Waals surface area contributed by atoms with E-state index in [1.807, 2.05) is 34.9 Å². The zero-order valence-corrected chi connectivity index (χ0v) is 12.7. The fourth-order valence-electron chi connectivity index (χ4n) is 3.27. The zero-order valence-electron chi connectivity index (χ0n) is 12.7. The van der Waals surface area contributed by atoms with E-state index < -0.39 is 12.0 Å². The number of hydrogen-bond donors (Lipinski definition) is 1. The predicted octanol–water partition coefficient (Wildman–Crippen LogP) is 2.74. The highest BCUT2D eigenvalue weighted by Crippen LogP contribution is 2.25. The van der Waals surface area contributed by atoms with Crippen LogP contribution in [0.1, 0.15) is 36.7 Å². The van der Waals surface area contributed by atoms with Crippen LogP contribution in [-0.2, 0) is 11.3 Å². The highest BCUT2D eigenvalue weighted by Gasteiger charge is 2.35. The van der Waals surface area contributed by atoms with Gasteiger partial charge in [0, 0.05) is 24.0 Å². The van der Waals surface area contributed by atoms with Gasteiger partial charge in [0.1, 0.15) is 11.7 Å². The number of carboxylic acid groups (broad SMARTS) is 1. The number of aromatic nitrogens is 1. The van der Waals surface area contributed by atoms with Crippen molar-refractivity contribution in [1.29, 1.82) is 0 Å². The molecule has 1 aliphatic rings. The van der Waals surface area contributed by atoms with Gasteiger partial charge >= 0.3 is 5.97 Å². The van der Waals surface area contributed by atoms with Crippen molar-refractivity contribution in [1.82, 2.24) is 9.47 Å². The van der Waals surface area contributed by atoms with Crippen molar-refractivity contribution in [2.45, 2.75) is 38.8 Å². The molecular formula is C17H20N2O3. The van der Waals surface area contributed by atoms with Crippen LogP contribution in [0.5, 0.6) is 0 Å². The maximum Gasteiger partial charge on any atom is 0.326 e. The second kappa shape index (κ2) is 5.83. The van der Waals surface area contributed by atoms with Crippen molar-refractivity contribution < 1.29 is 14.7 Å². The average molecular weight is 300 g/mol. The molecule has 22 heavy (non-hydrogen) atoms. The lowest BCUT2D eigenvalue weighted by atomic mass is 10.2. The summed E-state index contributed by atoms with van der Waals surface area (Å²) >= 11 is 0. The van der Waals surface area contributed by atoms with Gasteiger partial charge < -0.3 is 14.6 Å². The number of fused-ring (bicyclic) bond motifs is 1. The van der Waals surface area contributed by atoms with Crippen LogP contribution in [-0.4, -0.2) is 39.0 Å². The third-order valence-electron chi connectivity index (χ3n) is 4.28. The van der Waals surface area contributed by atoms with Gasteiger partial charge in [0.05, 0.1) is 0 Å². The third-order valence-corrected chi connectivity index (χ3v) is 4.28. The first-order valence-corrected chi connectivity index (χ1v) is 7.75. The number of para-hydroxylation sites is 1. The van der Waals surface area contributed by atoms with Crippen LogP contribution >= 0.6 is 0 Å². The molecule has 1 atom stereocenters. The van der Waals surface area contributed by atoms with Gasteiger partial charge in [-0.1, -0.05) is 25.1 Å². The number of aliphatic carboxylic acids is 1. The average Bonchev–Trinajstić information content (AvgIpc) is 3.12. The summed E-state index contributed by atoms with van der Waals surface area (Å²) in [4.78, 5) is 25.7. The van der Waals surface area contributed by atoms with Crippen molar-refractivity contribution in [3.63, 3.8) is 0 Å². The van der Waals surface area contributed by atoms with E-state index in [-0.39, 0.29) is 5.91 Å². The van der Waals surface area contributed by atoms with Crippen LogP contribution in [0.25, 0.3) is 10.9 Å². The number of aryl methyl sites for hydroxylation is 1. The minimum atomic E-state index is -0.913. The molecule has 0 saturated carbocycles. The summed E-state index contributed by atoms with van der Waals surface area (Å²) < 4.78 is 2.01. The van der Waals surface area contributed by atoms with E-state index in [0.717, 1.165) is 30.3 Å². The Morgan fingerprint density at radius 1 is 1.32 bits per heavy atom. The Morgan fingerprint density at radius 3 is 2.82 bits per heavy atom. The molecule has 5 heteroatoms. The van der Waals surface area contributed by atoms with Crippen molar-refractivity contribution in [3.8, 4) is 0 Å². The summed E-state index contributed by atoms with van der Waals surface area (Å²) in [6.07, 6.45) is 2.20. The summed E-state index contributed by atoms with van der Waals surface area (Å²) in [5.74, 6) is -1.08. The normalized spacial score (nSPS) is 18.0. The number of likely N-dealkylation sites (tertiary alicyclic amines) is 1. The van der Waals surface area contributed by atoms with E-state index >= 15 is 0 Å². The van der Waals surface area contributed by atoms with Crippen LogP contribution in [0, 0.1) is 0 Å². The first kappa shape index (κ1) is 14.6. The maximum absolute atomic E-state index is 12.9. The SMILES string of the molecule is CCCn1c(C(=O)N2CCCC2C(=O)O)cc2ccccc21. The Kier molecular flexibility index (Phi) is 3.88. The molecule has 5 nitrogen and oxygen atoms in total. The van der Waals surface area contributed by atoms with Gasteiger partial charge in [-0.2, -0.15) is 0 Å². The zero-order chi connectivity index (χ0) is 15.7. The van der Waals surface area contributed by atoms with Crippen molar-refractivity contribution in [2.75, 3.05) is 6.54 Å². The molecule has 0 radical (unpaired) electrons. The Balaban J connectivity index is 2.03. The van der Waals surface area contributed by atoms with Gasteiger partial charge in [-0.25, -0.2) is 4.79 Å². The molecule has 2 aromatic rings. The minimum Gasteiger partial charge on any atom is -0.480 e. The van der Waals surface area contributed by atoms with Crippen LogP contribution < -0.4 is 0 Å². The van der Waals surface area contributed by atoms with E-state index in [1.54, 1.807) is 0 Å². The lowest BCUT2D eigenvalue weighted by Gasteiger charge is -2.22. The standard InChI is InChI=1S/C17H20N2O3/c1-2-9-18-13-7-4-3-6-12(13)11-15(18)16(20)19-10-5-8-14(19)17(21)22/h3-4,6-7,11,14H,2,5,8-10H2,1H3,(H,21,22). The Bertz CT molecular complexity index is 720. The van der Waals surface area contributed by atoms with E-state index in [0.29, 0.717) is 18.7 Å². The van der Waals surface area contributed by atoms with Crippen molar-refractivity contribution in [2.24, 2.45) is 0 Å². The van der Waals surface area contributed by atoms with Gasteiger partial charge in [0.2, 0.25) is 0 Å². The lowest BCUT2D eigenvalue weighted by molar-refractivity contribution is -0.141. The fraction of sp³-hybridized carbons (Fsp3) is 0.412. The number of amides is 1. The second-order valence-corrected chi connectivity index (χ2v) is 5.73. The van der Waals surface area contributed by atoms with E-state index in [9.17, 15) is 14.7 Å². The van der Waals surface area contributed by atoms with Gasteiger partial charge in [0.15, 0.2) is 0 Å². The summed E-state index contributed by atoms with van der Waals surface area (Å²) in [5.41, 5.74) is 1.62. The molecule has 2 heterocycles. The molecule has 0 bridgehead atoms. The molecule has 1 aliphatic heterocycles. The van der Waals surface area contributed by atoms with Crippen LogP contribution in [0.2, 0.25) is 0 Å². The molecule has 1 aromatic heterocycles. The fourth-order valence-corrected chi connectivity index (χ4v) is 3.27. The van der Waals surface area contributed by atoms with E-state index in [1.165, 1.54) is 4.90 Å².